The van der Waals surface area contributed by atoms with Gasteiger partial charge in [0.15, 0.2) is 5.65 Å². The molecule has 0 spiro atoms. The number of halogens is 2. The van der Waals surface area contributed by atoms with Crippen molar-refractivity contribution < 1.29 is 9.90 Å². The van der Waals surface area contributed by atoms with Gasteiger partial charge in [-0.3, -0.25) is 0 Å². The molecule has 0 unspecified atom stereocenters. The van der Waals surface area contributed by atoms with E-state index in [1.54, 1.807) is 23.0 Å². The van der Waals surface area contributed by atoms with Crippen LogP contribution in [-0.4, -0.2) is 20.5 Å². The number of aromatic nitrogens is 2. The molecule has 6 heteroatoms. The lowest BCUT2D eigenvalue weighted by molar-refractivity contribution is 0.0698. The van der Waals surface area contributed by atoms with Gasteiger partial charge >= 0.3 is 5.97 Å². The molecule has 2 heterocycles. The Labute approximate surface area is 94.1 Å². The molecule has 0 fully saturated rings. The zero-order chi connectivity index (χ0) is 9.42. The first-order valence-corrected chi connectivity index (χ1v) is 4.33. The number of nitrogens with zero attached hydrogens (tertiary/aromatic N) is 2. The van der Waals surface area contributed by atoms with Crippen LogP contribution in [0.1, 0.15) is 10.4 Å². The molecule has 0 aliphatic rings. The largest absolute Gasteiger partial charge is 0.478 e. The van der Waals surface area contributed by atoms with Crippen LogP contribution < -0.4 is 0 Å². The second-order valence-corrected chi connectivity index (χ2v) is 3.45. The highest BCUT2D eigenvalue weighted by atomic mass is 79.9. The van der Waals surface area contributed by atoms with Crippen molar-refractivity contribution in [3.05, 3.63) is 34.7 Å². The zero-order valence-corrected chi connectivity index (χ0v) is 9.25. The summed E-state index contributed by atoms with van der Waals surface area (Å²) in [5.41, 5.74) is 0.648. The van der Waals surface area contributed by atoms with Gasteiger partial charge in [0.1, 0.15) is 5.56 Å². The van der Waals surface area contributed by atoms with Crippen molar-refractivity contribution in [1.29, 1.82) is 0 Å². The lowest BCUT2D eigenvalue weighted by Gasteiger charge is -1.99. The summed E-state index contributed by atoms with van der Waals surface area (Å²) in [6, 6.07) is 1.53. The summed E-state index contributed by atoms with van der Waals surface area (Å²) in [7, 11) is 0. The Bertz CT molecular complexity index is 483. The van der Waals surface area contributed by atoms with Crippen LogP contribution in [-0.2, 0) is 0 Å². The molecule has 0 radical (unpaired) electrons. The van der Waals surface area contributed by atoms with Crippen molar-refractivity contribution >= 4 is 40.0 Å². The maximum absolute atomic E-state index is 10.8. The van der Waals surface area contributed by atoms with E-state index in [4.69, 9.17) is 5.11 Å². The van der Waals surface area contributed by atoms with Gasteiger partial charge in [-0.05, 0) is 22.0 Å². The SMILES string of the molecule is Cl.O=C(O)c1cc(Br)cn2ccnc12. The standard InChI is InChI=1S/C8H5BrN2O2.ClH/c9-5-3-6(8(12)13)7-10-1-2-11(7)4-5;/h1-4H,(H,12,13);1H. The first kappa shape index (κ1) is 11.0. The topological polar surface area (TPSA) is 54.6 Å². The van der Waals surface area contributed by atoms with Gasteiger partial charge in [0.05, 0.1) is 0 Å². The first-order valence-electron chi connectivity index (χ1n) is 3.54. The normalized spacial score (nSPS) is 9.79. The van der Waals surface area contributed by atoms with Crippen LogP contribution >= 0.6 is 28.3 Å². The van der Waals surface area contributed by atoms with Gasteiger partial charge in [0, 0.05) is 23.1 Å². The summed E-state index contributed by atoms with van der Waals surface area (Å²) >= 11 is 3.22. The zero-order valence-electron chi connectivity index (χ0n) is 6.85. The van der Waals surface area contributed by atoms with Crippen molar-refractivity contribution in [2.75, 3.05) is 0 Å². The molecule has 14 heavy (non-hydrogen) atoms. The van der Waals surface area contributed by atoms with Crippen LogP contribution in [0.15, 0.2) is 29.1 Å². The van der Waals surface area contributed by atoms with E-state index in [2.05, 4.69) is 20.9 Å². The monoisotopic (exact) mass is 276 g/mol. The molecule has 74 valence electrons. The summed E-state index contributed by atoms with van der Waals surface area (Å²) in [6.07, 6.45) is 5.02. The van der Waals surface area contributed by atoms with Crippen LogP contribution in [0.5, 0.6) is 0 Å². The Morgan fingerprint density at radius 1 is 1.57 bits per heavy atom. The van der Waals surface area contributed by atoms with Crippen molar-refractivity contribution in [2.24, 2.45) is 0 Å². The van der Waals surface area contributed by atoms with Gasteiger partial charge in [-0.2, -0.15) is 0 Å². The minimum absolute atomic E-state index is 0. The van der Waals surface area contributed by atoms with Crippen molar-refractivity contribution in [3.63, 3.8) is 0 Å². The predicted octanol–water partition coefficient (Wildman–Crippen LogP) is 2.22. The molecule has 0 saturated heterocycles. The molecule has 0 atom stereocenters. The van der Waals surface area contributed by atoms with Crippen molar-refractivity contribution in [1.82, 2.24) is 9.38 Å². The Morgan fingerprint density at radius 3 is 2.93 bits per heavy atom. The van der Waals surface area contributed by atoms with Gasteiger partial charge in [-0.25, -0.2) is 9.78 Å². The quantitative estimate of drug-likeness (QED) is 0.869. The molecule has 2 aromatic rings. The van der Waals surface area contributed by atoms with Gasteiger partial charge in [0.2, 0.25) is 0 Å². The lowest BCUT2D eigenvalue weighted by Crippen LogP contribution is -2.00. The van der Waals surface area contributed by atoms with Crippen LogP contribution in [0.4, 0.5) is 0 Å². The maximum Gasteiger partial charge on any atom is 0.339 e. The van der Waals surface area contributed by atoms with Crippen LogP contribution in [0, 0.1) is 0 Å². The lowest BCUT2D eigenvalue weighted by atomic mass is 10.3. The first-order chi connectivity index (χ1) is 6.18. The second-order valence-electron chi connectivity index (χ2n) is 2.54. The highest BCUT2D eigenvalue weighted by molar-refractivity contribution is 9.10. The Balaban J connectivity index is 0.000000980. The highest BCUT2D eigenvalue weighted by Crippen LogP contribution is 2.16. The smallest absolute Gasteiger partial charge is 0.339 e. The molecule has 0 aromatic carbocycles. The summed E-state index contributed by atoms with van der Waals surface area (Å²) < 4.78 is 2.38. The number of fused-ring (bicyclic) bond motifs is 1. The molecule has 0 aliphatic carbocycles. The van der Waals surface area contributed by atoms with Gasteiger partial charge in [-0.1, -0.05) is 0 Å². The molecule has 0 bridgehead atoms. The molecule has 1 N–H and O–H groups in total. The number of rotatable bonds is 1. The molecular formula is C8H6BrClN2O2. The Hall–Kier alpha value is -1.07. The van der Waals surface area contributed by atoms with Crippen molar-refractivity contribution in [3.8, 4) is 0 Å². The van der Waals surface area contributed by atoms with E-state index in [9.17, 15) is 4.79 Å². The van der Waals surface area contributed by atoms with Crippen LogP contribution in [0.3, 0.4) is 0 Å². The predicted molar refractivity (Wildman–Crippen MR) is 57.1 cm³/mol. The van der Waals surface area contributed by atoms with Crippen molar-refractivity contribution in [2.45, 2.75) is 0 Å². The molecule has 0 aliphatic heterocycles. The molecule has 0 saturated carbocycles. The molecule has 2 rings (SSSR count). The van der Waals surface area contributed by atoms with E-state index in [0.717, 1.165) is 4.47 Å². The minimum Gasteiger partial charge on any atom is -0.478 e. The minimum atomic E-state index is -0.975. The third kappa shape index (κ3) is 1.73. The average Bonchev–Trinajstić information content (AvgIpc) is 2.49. The van der Waals surface area contributed by atoms with E-state index in [-0.39, 0.29) is 18.0 Å². The molecule has 4 nitrogen and oxygen atoms in total. The molecular weight excluding hydrogens is 271 g/mol. The number of hydrogen-bond acceptors (Lipinski definition) is 2. The van der Waals surface area contributed by atoms with E-state index >= 15 is 0 Å². The second kappa shape index (κ2) is 3.98. The van der Waals surface area contributed by atoms with E-state index in [1.165, 1.54) is 6.07 Å². The third-order valence-corrected chi connectivity index (χ3v) is 2.12. The van der Waals surface area contributed by atoms with Gasteiger partial charge < -0.3 is 9.51 Å². The number of hydrogen-bond donors (Lipinski definition) is 1. The maximum atomic E-state index is 10.8. The van der Waals surface area contributed by atoms with Crippen LogP contribution in [0.25, 0.3) is 5.65 Å². The number of carboxylic acid groups (broad SMARTS) is 1. The fourth-order valence-electron chi connectivity index (χ4n) is 1.16. The molecule has 0 amide bonds. The van der Waals surface area contributed by atoms with Crippen LogP contribution in [0.2, 0.25) is 0 Å². The summed E-state index contributed by atoms with van der Waals surface area (Å²) in [6.45, 7) is 0. The van der Waals surface area contributed by atoms with E-state index < -0.39 is 5.97 Å². The fourth-order valence-corrected chi connectivity index (χ4v) is 1.61. The average molecular weight is 278 g/mol. The number of aromatic carboxylic acids is 1. The Kier molecular flexibility index (Phi) is 3.13. The molecule has 2 aromatic heterocycles. The van der Waals surface area contributed by atoms with Gasteiger partial charge in [0.25, 0.3) is 0 Å². The fraction of sp³-hybridized carbons (Fsp3) is 0. The summed E-state index contributed by atoms with van der Waals surface area (Å²) in [4.78, 5) is 14.7. The Morgan fingerprint density at radius 2 is 2.29 bits per heavy atom. The van der Waals surface area contributed by atoms with Gasteiger partial charge in [-0.15, -0.1) is 12.4 Å². The number of carbonyl (C=O) groups is 1. The summed E-state index contributed by atoms with van der Waals surface area (Å²) in [5.74, 6) is -0.975. The number of carboxylic acids is 1. The third-order valence-electron chi connectivity index (χ3n) is 1.68. The highest BCUT2D eigenvalue weighted by Gasteiger charge is 2.10. The number of imidazole rings is 1. The van der Waals surface area contributed by atoms with E-state index in [1.807, 2.05) is 0 Å². The van der Waals surface area contributed by atoms with E-state index in [0.29, 0.717) is 5.65 Å². The summed E-state index contributed by atoms with van der Waals surface area (Å²) in [5, 5.41) is 8.85. The number of pyridine rings is 1.